The number of carbonyl (C=O) groups excluding carboxylic acids is 1. The quantitative estimate of drug-likeness (QED) is 0.603. The second-order valence-electron chi connectivity index (χ2n) is 6.95. The Bertz CT molecular complexity index is 806. The Kier molecular flexibility index (Phi) is 4.81. The van der Waals surface area contributed by atoms with Crippen LogP contribution in [0.1, 0.15) is 31.7 Å². The van der Waals surface area contributed by atoms with Crippen LogP contribution in [0.25, 0.3) is 0 Å². The van der Waals surface area contributed by atoms with Crippen LogP contribution in [0.15, 0.2) is 12.1 Å². The number of carboxylic acid groups (broad SMARTS) is 1. The molecule has 10 nitrogen and oxygen atoms in total. The summed E-state index contributed by atoms with van der Waals surface area (Å²) in [6, 6.07) is 1.47. The van der Waals surface area contributed by atoms with Gasteiger partial charge in [-0.05, 0) is 26.8 Å². The highest BCUT2D eigenvalue weighted by atomic mass is 32.2. The first-order valence-corrected chi connectivity index (χ1v) is 9.07. The minimum atomic E-state index is -1.21. The number of hydrogen-bond acceptors (Lipinski definition) is 8. The molecule has 1 aromatic rings. The average Bonchev–Trinajstić information content (AvgIpc) is 3.17. The van der Waals surface area contributed by atoms with Crippen molar-refractivity contribution in [1.82, 2.24) is 4.90 Å². The normalized spacial score (nSPS) is 21.2. The number of nitro benzene ring substituents is 1. The first-order chi connectivity index (χ1) is 12.6. The molecule has 1 N–H and O–H groups in total. The molecule has 1 aromatic carbocycles. The summed E-state index contributed by atoms with van der Waals surface area (Å²) in [5.41, 5.74) is -0.973. The first kappa shape index (κ1) is 19.1. The van der Waals surface area contributed by atoms with E-state index in [4.69, 9.17) is 14.2 Å². The lowest BCUT2D eigenvalue weighted by Gasteiger charge is -2.30. The number of carbonyl (C=O) groups is 2. The molecule has 2 aliphatic heterocycles. The summed E-state index contributed by atoms with van der Waals surface area (Å²) < 4.78 is 15.8. The summed E-state index contributed by atoms with van der Waals surface area (Å²) in [6.07, 6.45) is -0.850. The molecule has 1 saturated heterocycles. The topological polar surface area (TPSA) is 128 Å². The van der Waals surface area contributed by atoms with E-state index >= 15 is 0 Å². The van der Waals surface area contributed by atoms with Crippen LogP contribution in [-0.4, -0.2) is 51.2 Å². The Hall–Kier alpha value is -2.69. The number of carboxylic acids is 1. The monoisotopic (exact) mass is 398 g/mol. The van der Waals surface area contributed by atoms with Crippen LogP contribution in [-0.2, 0) is 9.53 Å². The van der Waals surface area contributed by atoms with Crippen molar-refractivity contribution in [2.75, 3.05) is 12.5 Å². The predicted molar refractivity (Wildman–Crippen MR) is 93.9 cm³/mol. The lowest BCUT2D eigenvalue weighted by molar-refractivity contribution is -0.385. The van der Waals surface area contributed by atoms with Crippen LogP contribution in [0.4, 0.5) is 10.5 Å². The van der Waals surface area contributed by atoms with Crippen LogP contribution >= 0.6 is 11.8 Å². The molecule has 2 aliphatic rings. The fourth-order valence-corrected chi connectivity index (χ4v) is 4.21. The van der Waals surface area contributed by atoms with E-state index in [-0.39, 0.29) is 29.5 Å². The Morgan fingerprint density at radius 3 is 2.52 bits per heavy atom. The van der Waals surface area contributed by atoms with E-state index in [1.807, 2.05) is 0 Å². The standard InChI is InChI=1S/C16H18N2O8S/c1-16(2,3)26-15(21)17-10(14(19)20)6-27-13(17)8-4-11-12(25-7-24-11)5-9(8)18(22)23/h4-5,10,13H,6-7H2,1-3H3,(H,19,20)/t10-,13-/m0/s1. The largest absolute Gasteiger partial charge is 0.480 e. The van der Waals surface area contributed by atoms with Gasteiger partial charge in [-0.15, -0.1) is 11.8 Å². The van der Waals surface area contributed by atoms with Crippen LogP contribution in [0.3, 0.4) is 0 Å². The van der Waals surface area contributed by atoms with Gasteiger partial charge in [0.15, 0.2) is 11.5 Å². The summed E-state index contributed by atoms with van der Waals surface area (Å²) in [5.74, 6) is -0.601. The van der Waals surface area contributed by atoms with Gasteiger partial charge in [-0.25, -0.2) is 9.59 Å². The summed E-state index contributed by atoms with van der Waals surface area (Å²) >= 11 is 1.11. The molecule has 146 valence electrons. The zero-order valence-corrected chi connectivity index (χ0v) is 15.6. The Labute approximate surface area is 158 Å². The molecular formula is C16H18N2O8S. The van der Waals surface area contributed by atoms with Gasteiger partial charge in [-0.1, -0.05) is 0 Å². The predicted octanol–water partition coefficient (Wildman–Crippen LogP) is 2.76. The van der Waals surface area contributed by atoms with Crippen molar-refractivity contribution in [3.05, 3.63) is 27.8 Å². The molecule has 0 aromatic heterocycles. The van der Waals surface area contributed by atoms with Crippen molar-refractivity contribution in [2.24, 2.45) is 0 Å². The number of benzene rings is 1. The van der Waals surface area contributed by atoms with Gasteiger partial charge in [0, 0.05) is 5.75 Å². The Morgan fingerprint density at radius 2 is 1.96 bits per heavy atom. The molecule has 2 heterocycles. The van der Waals surface area contributed by atoms with E-state index in [0.29, 0.717) is 5.75 Å². The van der Waals surface area contributed by atoms with Gasteiger partial charge in [0.2, 0.25) is 6.79 Å². The summed E-state index contributed by atoms with van der Waals surface area (Å²) in [7, 11) is 0. The van der Waals surface area contributed by atoms with Gasteiger partial charge < -0.3 is 19.3 Å². The Morgan fingerprint density at radius 1 is 1.33 bits per heavy atom. The number of thioether (sulfide) groups is 1. The van der Waals surface area contributed by atoms with Crippen LogP contribution < -0.4 is 9.47 Å². The number of ether oxygens (including phenoxy) is 3. The maximum absolute atomic E-state index is 12.7. The molecule has 0 aliphatic carbocycles. The third-order valence-corrected chi connectivity index (χ3v) is 5.18. The highest BCUT2D eigenvalue weighted by molar-refractivity contribution is 7.99. The van der Waals surface area contributed by atoms with Crippen LogP contribution in [0.2, 0.25) is 0 Å². The second-order valence-corrected chi connectivity index (χ2v) is 8.06. The summed E-state index contributed by atoms with van der Waals surface area (Å²) in [4.78, 5) is 36.3. The highest BCUT2D eigenvalue weighted by Gasteiger charge is 2.47. The number of nitro groups is 1. The molecule has 0 radical (unpaired) electrons. The maximum Gasteiger partial charge on any atom is 0.412 e. The lowest BCUT2D eigenvalue weighted by atomic mass is 10.1. The van der Waals surface area contributed by atoms with Gasteiger partial charge in [0.25, 0.3) is 5.69 Å². The third kappa shape index (κ3) is 3.72. The highest BCUT2D eigenvalue weighted by Crippen LogP contribution is 2.49. The second kappa shape index (κ2) is 6.80. The van der Waals surface area contributed by atoms with Gasteiger partial charge >= 0.3 is 12.1 Å². The van der Waals surface area contributed by atoms with Crippen molar-refractivity contribution >= 4 is 29.5 Å². The number of fused-ring (bicyclic) bond motifs is 1. The van der Waals surface area contributed by atoms with E-state index < -0.39 is 34.0 Å². The molecule has 1 fully saturated rings. The van der Waals surface area contributed by atoms with Gasteiger partial charge in [-0.2, -0.15) is 0 Å². The van der Waals surface area contributed by atoms with E-state index in [1.54, 1.807) is 20.8 Å². The third-order valence-electron chi connectivity index (χ3n) is 3.87. The first-order valence-electron chi connectivity index (χ1n) is 8.02. The molecule has 0 saturated carbocycles. The molecule has 1 amide bonds. The number of hydrogen-bond donors (Lipinski definition) is 1. The molecule has 11 heteroatoms. The minimum Gasteiger partial charge on any atom is -0.480 e. The minimum absolute atomic E-state index is 0.0682. The fraction of sp³-hybridized carbons (Fsp3) is 0.500. The van der Waals surface area contributed by atoms with Gasteiger partial charge in [-0.3, -0.25) is 15.0 Å². The molecule has 2 atom stereocenters. The Balaban J connectivity index is 2.05. The van der Waals surface area contributed by atoms with E-state index in [1.165, 1.54) is 12.1 Å². The zero-order valence-electron chi connectivity index (χ0n) is 14.8. The summed E-state index contributed by atoms with van der Waals surface area (Å²) in [5, 5.41) is 20.1. The molecule has 27 heavy (non-hydrogen) atoms. The SMILES string of the molecule is CC(C)(C)OC(=O)N1[C@H](C(=O)O)CS[C@H]1c1cc2c(cc1[N+](=O)[O-])OCO2. The zero-order chi connectivity index (χ0) is 19.9. The average molecular weight is 398 g/mol. The molecular weight excluding hydrogens is 380 g/mol. The number of aliphatic carboxylic acids is 1. The number of nitrogens with zero attached hydrogens (tertiary/aromatic N) is 2. The molecule has 0 spiro atoms. The van der Waals surface area contributed by atoms with Crippen LogP contribution in [0.5, 0.6) is 11.5 Å². The van der Waals surface area contributed by atoms with Crippen LogP contribution in [0, 0.1) is 10.1 Å². The van der Waals surface area contributed by atoms with Gasteiger partial charge in [0.05, 0.1) is 16.6 Å². The van der Waals surface area contributed by atoms with E-state index in [0.717, 1.165) is 16.7 Å². The fourth-order valence-electron chi connectivity index (χ4n) is 2.78. The molecule has 0 bridgehead atoms. The molecule has 0 unspecified atom stereocenters. The van der Waals surface area contributed by atoms with E-state index in [2.05, 4.69) is 0 Å². The van der Waals surface area contributed by atoms with Crippen molar-refractivity contribution in [1.29, 1.82) is 0 Å². The van der Waals surface area contributed by atoms with Crippen molar-refractivity contribution in [2.45, 2.75) is 37.8 Å². The summed E-state index contributed by atoms with van der Waals surface area (Å²) in [6.45, 7) is 4.90. The smallest absolute Gasteiger partial charge is 0.412 e. The van der Waals surface area contributed by atoms with E-state index in [9.17, 15) is 24.8 Å². The van der Waals surface area contributed by atoms with Crippen molar-refractivity contribution in [3.8, 4) is 11.5 Å². The van der Waals surface area contributed by atoms with Crippen molar-refractivity contribution < 1.29 is 33.8 Å². The number of rotatable bonds is 3. The molecule has 3 rings (SSSR count). The number of amides is 1. The van der Waals surface area contributed by atoms with Gasteiger partial charge in [0.1, 0.15) is 17.0 Å². The van der Waals surface area contributed by atoms with Crippen molar-refractivity contribution in [3.63, 3.8) is 0 Å². The lowest BCUT2D eigenvalue weighted by Crippen LogP contribution is -2.45. The maximum atomic E-state index is 12.7.